The van der Waals surface area contributed by atoms with E-state index in [1.165, 1.54) is 24.3 Å². The number of nitrogens with zero attached hydrogens (tertiary/aromatic N) is 2. The van der Waals surface area contributed by atoms with Crippen molar-refractivity contribution in [2.24, 2.45) is 0 Å². The van der Waals surface area contributed by atoms with Crippen molar-refractivity contribution in [3.05, 3.63) is 43.5 Å². The highest BCUT2D eigenvalue weighted by molar-refractivity contribution is 7.11. The second-order valence-electron chi connectivity index (χ2n) is 3.43. The number of thiophene rings is 1. The molecule has 0 N–H and O–H groups in total. The van der Waals surface area contributed by atoms with Gasteiger partial charge in [-0.25, -0.2) is 0 Å². The highest BCUT2D eigenvalue weighted by atomic mass is 32.1. The van der Waals surface area contributed by atoms with E-state index in [0.717, 1.165) is 6.29 Å². The Hall–Kier alpha value is -2.28. The monoisotopic (exact) mass is 264 g/mol. The summed E-state index contributed by atoms with van der Waals surface area (Å²) in [5.41, 5.74) is 0.604. The van der Waals surface area contributed by atoms with Gasteiger partial charge in [0, 0.05) is 10.4 Å². The average Bonchev–Trinajstić information content (AvgIpc) is 2.92. The van der Waals surface area contributed by atoms with Crippen molar-refractivity contribution in [1.82, 2.24) is 5.16 Å². The van der Waals surface area contributed by atoms with E-state index in [9.17, 15) is 14.9 Å². The molecule has 18 heavy (non-hydrogen) atoms. The number of rotatable bonds is 4. The molecule has 0 fully saturated rings. The molecule has 2 rings (SSSR count). The van der Waals surface area contributed by atoms with Crippen molar-refractivity contribution in [2.45, 2.75) is 6.92 Å². The minimum Gasteiger partial charge on any atom is -0.349 e. The van der Waals surface area contributed by atoms with E-state index < -0.39 is 4.92 Å². The van der Waals surface area contributed by atoms with Crippen molar-refractivity contribution >= 4 is 35.5 Å². The molecule has 0 aliphatic heterocycles. The van der Waals surface area contributed by atoms with Crippen LogP contribution in [0.4, 0.5) is 5.69 Å². The Balaban J connectivity index is 2.35. The molecule has 2 aromatic heterocycles. The third-order valence-electron chi connectivity index (χ3n) is 2.28. The Morgan fingerprint density at radius 1 is 1.50 bits per heavy atom. The Bertz CT molecular complexity index is 627. The summed E-state index contributed by atoms with van der Waals surface area (Å²) in [6.45, 7) is 1.50. The number of carbonyl (C=O) groups excluding carboxylic acids is 1. The first-order valence-corrected chi connectivity index (χ1v) is 5.83. The molecule has 0 aliphatic carbocycles. The van der Waals surface area contributed by atoms with Gasteiger partial charge >= 0.3 is 5.69 Å². The van der Waals surface area contributed by atoms with Crippen molar-refractivity contribution in [1.29, 1.82) is 0 Å². The van der Waals surface area contributed by atoms with Gasteiger partial charge in [0.05, 0.1) is 4.92 Å². The smallest absolute Gasteiger partial charge is 0.338 e. The van der Waals surface area contributed by atoms with Crippen molar-refractivity contribution in [2.75, 3.05) is 0 Å². The van der Waals surface area contributed by atoms with Crippen LogP contribution in [0, 0.1) is 17.0 Å². The predicted octanol–water partition coefficient (Wildman–Crippen LogP) is 2.94. The normalized spacial score (nSPS) is 10.9. The molecule has 7 heteroatoms. The zero-order valence-electron chi connectivity index (χ0n) is 9.32. The molecule has 0 aliphatic rings. The molecule has 0 aromatic carbocycles. The number of nitro groups is 1. The van der Waals surface area contributed by atoms with Crippen LogP contribution in [0.1, 0.15) is 26.7 Å². The van der Waals surface area contributed by atoms with Gasteiger partial charge in [0.1, 0.15) is 0 Å². The summed E-state index contributed by atoms with van der Waals surface area (Å²) in [6, 6.07) is 1.68. The number of aromatic nitrogens is 1. The van der Waals surface area contributed by atoms with Crippen molar-refractivity contribution in [3.8, 4) is 0 Å². The summed E-state index contributed by atoms with van der Waals surface area (Å²) in [5.74, 6) is 0.0720. The van der Waals surface area contributed by atoms with E-state index in [1.54, 1.807) is 17.5 Å². The lowest BCUT2D eigenvalue weighted by Gasteiger charge is -1.89. The minimum atomic E-state index is -0.541. The highest BCUT2D eigenvalue weighted by Gasteiger charge is 2.21. The van der Waals surface area contributed by atoms with Gasteiger partial charge in [-0.1, -0.05) is 5.16 Å². The molecule has 2 heterocycles. The number of hydrogen-bond acceptors (Lipinski definition) is 6. The van der Waals surface area contributed by atoms with Gasteiger partial charge in [-0.2, -0.15) is 0 Å². The first kappa shape index (κ1) is 12.2. The lowest BCUT2D eigenvalue weighted by atomic mass is 10.2. The number of hydrogen-bond donors (Lipinski definition) is 0. The molecule has 92 valence electrons. The molecule has 0 atom stereocenters. The van der Waals surface area contributed by atoms with Crippen LogP contribution in [0.25, 0.3) is 12.2 Å². The average molecular weight is 264 g/mol. The largest absolute Gasteiger partial charge is 0.349 e. The van der Waals surface area contributed by atoms with Gasteiger partial charge in [-0.05, 0) is 30.5 Å². The van der Waals surface area contributed by atoms with Gasteiger partial charge < -0.3 is 4.52 Å². The zero-order chi connectivity index (χ0) is 13.1. The van der Waals surface area contributed by atoms with Crippen LogP contribution in [0.5, 0.6) is 0 Å². The van der Waals surface area contributed by atoms with Crippen molar-refractivity contribution in [3.63, 3.8) is 0 Å². The maximum Gasteiger partial charge on any atom is 0.338 e. The van der Waals surface area contributed by atoms with Crippen molar-refractivity contribution < 1.29 is 14.2 Å². The Morgan fingerprint density at radius 2 is 2.28 bits per heavy atom. The number of aldehydes is 1. The lowest BCUT2D eigenvalue weighted by molar-refractivity contribution is -0.386. The quantitative estimate of drug-likeness (QED) is 0.481. The van der Waals surface area contributed by atoms with E-state index in [-0.39, 0.29) is 17.1 Å². The van der Waals surface area contributed by atoms with Crippen LogP contribution in [0.15, 0.2) is 16.0 Å². The van der Waals surface area contributed by atoms with Gasteiger partial charge in [0.15, 0.2) is 12.0 Å². The van der Waals surface area contributed by atoms with Crippen LogP contribution in [-0.4, -0.2) is 16.4 Å². The van der Waals surface area contributed by atoms with Crippen LogP contribution >= 0.6 is 11.3 Å². The van der Waals surface area contributed by atoms with Gasteiger partial charge in [0.2, 0.25) is 5.76 Å². The third-order valence-corrected chi connectivity index (χ3v) is 3.18. The SMILES string of the molecule is Cc1noc(C=Cc2sccc2C=O)c1[N+](=O)[O-]. The molecule has 0 radical (unpaired) electrons. The molecule has 0 unspecified atom stereocenters. The molecule has 6 nitrogen and oxygen atoms in total. The summed E-state index contributed by atoms with van der Waals surface area (Å²) in [7, 11) is 0. The molecular weight excluding hydrogens is 256 g/mol. The van der Waals surface area contributed by atoms with Crippen LogP contribution in [0.2, 0.25) is 0 Å². The summed E-state index contributed by atoms with van der Waals surface area (Å²) in [4.78, 5) is 21.7. The van der Waals surface area contributed by atoms with Crippen LogP contribution in [-0.2, 0) is 0 Å². The van der Waals surface area contributed by atoms with Gasteiger partial charge in [0.25, 0.3) is 0 Å². The predicted molar refractivity (Wildman–Crippen MR) is 66.5 cm³/mol. The first-order valence-electron chi connectivity index (χ1n) is 4.95. The second kappa shape index (κ2) is 4.92. The van der Waals surface area contributed by atoms with E-state index in [2.05, 4.69) is 5.16 Å². The molecule has 0 spiro atoms. The molecule has 2 aromatic rings. The minimum absolute atomic E-state index is 0.0720. The molecule has 0 bridgehead atoms. The Kier molecular flexibility index (Phi) is 3.33. The summed E-state index contributed by atoms with van der Waals surface area (Å²) >= 11 is 1.36. The Labute approximate surface area is 106 Å². The fraction of sp³-hybridized carbons (Fsp3) is 0.0909. The topological polar surface area (TPSA) is 86.2 Å². The maximum absolute atomic E-state index is 10.8. The Morgan fingerprint density at radius 3 is 2.94 bits per heavy atom. The van der Waals surface area contributed by atoms with E-state index >= 15 is 0 Å². The summed E-state index contributed by atoms with van der Waals surface area (Å²) in [5, 5.41) is 16.1. The zero-order valence-corrected chi connectivity index (χ0v) is 10.1. The van der Waals surface area contributed by atoms with Crippen LogP contribution < -0.4 is 0 Å². The summed E-state index contributed by atoms with van der Waals surface area (Å²) < 4.78 is 4.87. The highest BCUT2D eigenvalue weighted by Crippen LogP contribution is 2.25. The molecule has 0 amide bonds. The first-order chi connectivity index (χ1) is 8.63. The van der Waals surface area contributed by atoms with E-state index in [1.807, 2.05) is 0 Å². The lowest BCUT2D eigenvalue weighted by Crippen LogP contribution is -1.90. The number of carbonyl (C=O) groups is 1. The standard InChI is InChI=1S/C11H8N2O4S/c1-7-11(13(15)16)9(17-12-7)2-3-10-8(6-14)4-5-18-10/h2-6H,1H3. The maximum atomic E-state index is 10.8. The van der Waals surface area contributed by atoms with Gasteiger partial charge in [-0.15, -0.1) is 11.3 Å². The molecular formula is C11H8N2O4S. The fourth-order valence-electron chi connectivity index (χ4n) is 1.43. The number of aryl methyl sites for hydroxylation is 1. The fourth-order valence-corrected chi connectivity index (χ4v) is 2.19. The third kappa shape index (κ3) is 2.21. The molecule has 0 saturated heterocycles. The van der Waals surface area contributed by atoms with Gasteiger partial charge in [-0.3, -0.25) is 14.9 Å². The summed E-state index contributed by atoms with van der Waals surface area (Å²) in [6.07, 6.45) is 3.77. The van der Waals surface area contributed by atoms with Crippen LogP contribution in [0.3, 0.4) is 0 Å². The second-order valence-corrected chi connectivity index (χ2v) is 4.38. The van der Waals surface area contributed by atoms with E-state index in [0.29, 0.717) is 10.4 Å². The van der Waals surface area contributed by atoms with E-state index in [4.69, 9.17) is 4.52 Å². The molecule has 0 saturated carbocycles.